The van der Waals surface area contributed by atoms with Gasteiger partial charge in [-0.3, -0.25) is 0 Å². The summed E-state index contributed by atoms with van der Waals surface area (Å²) >= 11 is 6.22. The fourth-order valence-electron chi connectivity index (χ4n) is 5.38. The Bertz CT molecular complexity index is 1700. The van der Waals surface area contributed by atoms with E-state index in [1.807, 2.05) is 60.7 Å². The van der Waals surface area contributed by atoms with Gasteiger partial charge in [0.25, 0.3) is 0 Å². The number of hydrogen-bond donors (Lipinski definition) is 1. The van der Waals surface area contributed by atoms with Crippen LogP contribution in [0.4, 0.5) is 5.69 Å². The lowest BCUT2D eigenvalue weighted by Crippen LogP contribution is -2.25. The molecule has 5 nitrogen and oxygen atoms in total. The Morgan fingerprint density at radius 1 is 0.762 bits per heavy atom. The molecule has 1 unspecified atom stereocenters. The van der Waals surface area contributed by atoms with Crippen molar-refractivity contribution in [2.75, 3.05) is 32.1 Å². The Morgan fingerprint density at radius 2 is 1.43 bits per heavy atom. The molecule has 0 spiro atoms. The maximum Gasteiger partial charge on any atom is 0.119 e. The first-order valence-corrected chi connectivity index (χ1v) is 15.2. The van der Waals surface area contributed by atoms with Crippen molar-refractivity contribution in [2.45, 2.75) is 39.7 Å². The van der Waals surface area contributed by atoms with Gasteiger partial charge in [-0.2, -0.15) is 0 Å². The summed E-state index contributed by atoms with van der Waals surface area (Å²) in [5, 5.41) is 9.01. The van der Waals surface area contributed by atoms with Crippen LogP contribution in [0.25, 0.3) is 43.6 Å². The number of para-hydroxylation sites is 2. The SMILES string of the molecule is CCN(CC)CCCC(C)Nc1c2ccc(Cl)cc2nc2ccc(OC)cc12.c1ccc2nc3ccccc3cc2c1. The summed E-state index contributed by atoms with van der Waals surface area (Å²) in [7, 11) is 1.69. The molecule has 42 heavy (non-hydrogen) atoms. The molecule has 0 amide bonds. The van der Waals surface area contributed by atoms with Gasteiger partial charge in [0.2, 0.25) is 0 Å². The van der Waals surface area contributed by atoms with Crippen molar-refractivity contribution in [1.29, 1.82) is 0 Å². The highest BCUT2D eigenvalue weighted by Crippen LogP contribution is 2.35. The predicted octanol–water partition coefficient (Wildman–Crippen LogP) is 9.36. The fraction of sp³-hybridized carbons (Fsp3) is 0.278. The lowest BCUT2D eigenvalue weighted by Gasteiger charge is -2.22. The lowest BCUT2D eigenvalue weighted by atomic mass is 10.1. The molecule has 6 rings (SSSR count). The molecular formula is C36H39ClN4O. The van der Waals surface area contributed by atoms with E-state index in [0.29, 0.717) is 11.1 Å². The van der Waals surface area contributed by atoms with Gasteiger partial charge in [-0.25, -0.2) is 9.97 Å². The number of hydrogen-bond acceptors (Lipinski definition) is 5. The second-order valence-corrected chi connectivity index (χ2v) is 11.1. The van der Waals surface area contributed by atoms with Crippen LogP contribution in [0.2, 0.25) is 5.02 Å². The average Bonchev–Trinajstić information content (AvgIpc) is 3.02. The number of benzene rings is 4. The standard InChI is InChI=1S/C23H30ClN3O.C13H9N/c1-5-27(6-2)13-7-8-16(3)25-23-19-11-9-17(24)14-22(19)26-21-12-10-18(28-4)15-20(21)23;1-3-7-12-10(5-1)9-11-6-2-4-8-13(11)14-12/h9-12,14-16H,5-8,13H2,1-4H3,(H,25,26);1-9H. The molecule has 6 aromatic rings. The molecule has 2 heterocycles. The van der Waals surface area contributed by atoms with Crippen molar-refractivity contribution in [3.05, 3.63) is 96.0 Å². The van der Waals surface area contributed by atoms with E-state index in [9.17, 15) is 0 Å². The van der Waals surface area contributed by atoms with Crippen LogP contribution >= 0.6 is 11.6 Å². The molecule has 216 valence electrons. The van der Waals surface area contributed by atoms with Gasteiger partial charge in [0.05, 0.1) is 34.9 Å². The quantitative estimate of drug-likeness (QED) is 0.173. The normalized spacial score (nSPS) is 12.0. The number of anilines is 1. The van der Waals surface area contributed by atoms with Crippen LogP contribution in [0.3, 0.4) is 0 Å². The third-order valence-electron chi connectivity index (χ3n) is 7.77. The van der Waals surface area contributed by atoms with Gasteiger partial charge in [0, 0.05) is 32.6 Å². The van der Waals surface area contributed by atoms with E-state index in [-0.39, 0.29) is 0 Å². The van der Waals surface area contributed by atoms with Gasteiger partial charge in [-0.1, -0.05) is 61.8 Å². The molecule has 2 aromatic heterocycles. The van der Waals surface area contributed by atoms with E-state index >= 15 is 0 Å². The smallest absolute Gasteiger partial charge is 0.119 e. The summed E-state index contributed by atoms with van der Waals surface area (Å²) in [6.07, 6.45) is 2.28. The summed E-state index contributed by atoms with van der Waals surface area (Å²) in [6, 6.07) is 30.8. The Kier molecular flexibility index (Phi) is 9.73. The Hall–Kier alpha value is -3.93. The topological polar surface area (TPSA) is 50.3 Å². The summed E-state index contributed by atoms with van der Waals surface area (Å²) in [5.41, 5.74) is 5.07. The van der Waals surface area contributed by atoms with E-state index in [4.69, 9.17) is 21.3 Å². The van der Waals surface area contributed by atoms with Crippen LogP contribution in [0, 0.1) is 0 Å². The number of methoxy groups -OCH3 is 1. The van der Waals surface area contributed by atoms with Gasteiger partial charge in [-0.15, -0.1) is 0 Å². The van der Waals surface area contributed by atoms with Crippen molar-refractivity contribution in [1.82, 2.24) is 14.9 Å². The minimum absolute atomic E-state index is 0.353. The second kappa shape index (κ2) is 13.8. The molecule has 4 aromatic carbocycles. The number of ether oxygens (including phenoxy) is 1. The first-order chi connectivity index (χ1) is 20.5. The molecule has 6 heteroatoms. The molecule has 0 bridgehead atoms. The highest BCUT2D eigenvalue weighted by atomic mass is 35.5. The zero-order valence-corrected chi connectivity index (χ0v) is 25.7. The molecule has 0 saturated carbocycles. The van der Waals surface area contributed by atoms with Crippen LogP contribution < -0.4 is 10.1 Å². The van der Waals surface area contributed by atoms with E-state index in [2.05, 4.69) is 66.3 Å². The monoisotopic (exact) mass is 578 g/mol. The Balaban J connectivity index is 0.000000208. The second-order valence-electron chi connectivity index (χ2n) is 10.6. The molecule has 0 aliphatic carbocycles. The van der Waals surface area contributed by atoms with Crippen LogP contribution in [-0.4, -0.2) is 47.7 Å². The van der Waals surface area contributed by atoms with Crippen molar-refractivity contribution in [2.24, 2.45) is 0 Å². The van der Waals surface area contributed by atoms with Gasteiger partial charge in [0.1, 0.15) is 5.75 Å². The largest absolute Gasteiger partial charge is 0.497 e. The predicted molar refractivity (Wildman–Crippen MR) is 180 cm³/mol. The molecule has 1 N–H and O–H groups in total. The van der Waals surface area contributed by atoms with Crippen molar-refractivity contribution >= 4 is 60.9 Å². The third kappa shape index (κ3) is 6.92. The molecule has 0 radical (unpaired) electrons. The highest BCUT2D eigenvalue weighted by Gasteiger charge is 2.13. The summed E-state index contributed by atoms with van der Waals surface area (Å²) in [5.74, 6) is 0.833. The maximum atomic E-state index is 6.22. The van der Waals surface area contributed by atoms with Crippen molar-refractivity contribution in [3.8, 4) is 5.75 Å². The van der Waals surface area contributed by atoms with Crippen molar-refractivity contribution < 1.29 is 4.74 Å². The number of nitrogens with one attached hydrogen (secondary N) is 1. The van der Waals surface area contributed by atoms with Gasteiger partial charge in [0.15, 0.2) is 0 Å². The van der Waals surface area contributed by atoms with Crippen molar-refractivity contribution in [3.63, 3.8) is 0 Å². The summed E-state index contributed by atoms with van der Waals surface area (Å²) in [6.45, 7) is 10.0. The van der Waals surface area contributed by atoms with Gasteiger partial charge in [-0.05, 0) is 94.0 Å². The molecule has 0 saturated heterocycles. The maximum absolute atomic E-state index is 6.22. The minimum Gasteiger partial charge on any atom is -0.497 e. The molecular weight excluding hydrogens is 540 g/mol. The molecule has 0 aliphatic rings. The average molecular weight is 579 g/mol. The van der Waals surface area contributed by atoms with Gasteiger partial charge >= 0.3 is 0 Å². The zero-order chi connectivity index (χ0) is 29.5. The lowest BCUT2D eigenvalue weighted by molar-refractivity contribution is 0.295. The van der Waals surface area contributed by atoms with Gasteiger partial charge < -0.3 is 15.0 Å². The Labute approximate surface area is 253 Å². The van der Waals surface area contributed by atoms with Crippen LogP contribution in [-0.2, 0) is 0 Å². The number of fused-ring (bicyclic) bond motifs is 4. The van der Waals surface area contributed by atoms with Crippen LogP contribution in [0.1, 0.15) is 33.6 Å². The van der Waals surface area contributed by atoms with Crippen LogP contribution in [0.5, 0.6) is 5.75 Å². The number of pyridine rings is 2. The first-order valence-electron chi connectivity index (χ1n) is 14.8. The third-order valence-corrected chi connectivity index (χ3v) is 8.00. The van der Waals surface area contributed by atoms with Crippen LogP contribution in [0.15, 0.2) is 91.0 Å². The zero-order valence-electron chi connectivity index (χ0n) is 24.9. The molecule has 0 aliphatic heterocycles. The number of nitrogens with zero attached hydrogens (tertiary/aromatic N) is 3. The number of rotatable bonds is 9. The fourth-order valence-corrected chi connectivity index (χ4v) is 5.54. The number of aromatic nitrogens is 2. The minimum atomic E-state index is 0.353. The van der Waals surface area contributed by atoms with E-state index in [1.54, 1.807) is 7.11 Å². The van der Waals surface area contributed by atoms with E-state index in [0.717, 1.165) is 70.3 Å². The Morgan fingerprint density at radius 3 is 2.10 bits per heavy atom. The summed E-state index contributed by atoms with van der Waals surface area (Å²) < 4.78 is 5.45. The molecule has 1 atom stereocenters. The molecule has 0 fully saturated rings. The van der Waals surface area contributed by atoms with E-state index in [1.165, 1.54) is 17.2 Å². The number of halogens is 1. The van der Waals surface area contributed by atoms with E-state index < -0.39 is 0 Å². The highest BCUT2D eigenvalue weighted by molar-refractivity contribution is 6.31. The first kappa shape index (κ1) is 29.6. The summed E-state index contributed by atoms with van der Waals surface area (Å²) in [4.78, 5) is 11.8.